The first-order valence-corrected chi connectivity index (χ1v) is 8.86. The van der Waals surface area contributed by atoms with Crippen LogP contribution in [-0.4, -0.2) is 13.6 Å². The van der Waals surface area contributed by atoms with Crippen molar-refractivity contribution in [3.63, 3.8) is 0 Å². The minimum absolute atomic E-state index is 0.264. The molecular formula is C12H10N2O3S3. The minimum Gasteiger partial charge on any atom is -0.355 e. The third-order valence-corrected chi connectivity index (χ3v) is 6.41. The van der Waals surface area contributed by atoms with Gasteiger partial charge in [0.1, 0.15) is 4.21 Å². The first kappa shape index (κ1) is 13.5. The number of aromatic nitrogens is 1. The average Bonchev–Trinajstić information content (AvgIpc) is 3.16. The summed E-state index contributed by atoms with van der Waals surface area (Å²) in [5.41, 5.74) is 0. The van der Waals surface area contributed by atoms with E-state index in [-0.39, 0.29) is 4.21 Å². The summed E-state index contributed by atoms with van der Waals surface area (Å²) in [6.45, 7) is 0.301. The third kappa shape index (κ3) is 2.83. The van der Waals surface area contributed by atoms with Crippen molar-refractivity contribution in [2.75, 3.05) is 0 Å². The lowest BCUT2D eigenvalue weighted by molar-refractivity contribution is 0.433. The molecule has 3 rings (SSSR count). The molecule has 3 aromatic rings. The van der Waals surface area contributed by atoms with Gasteiger partial charge >= 0.3 is 0 Å². The zero-order valence-electron chi connectivity index (χ0n) is 10.1. The molecule has 0 radical (unpaired) electrons. The Labute approximate surface area is 123 Å². The maximum absolute atomic E-state index is 12.2. The van der Waals surface area contributed by atoms with Gasteiger partial charge < -0.3 is 4.52 Å². The summed E-state index contributed by atoms with van der Waals surface area (Å²) >= 11 is 2.67. The quantitative estimate of drug-likeness (QED) is 0.782. The van der Waals surface area contributed by atoms with Crippen LogP contribution in [0.4, 0.5) is 0 Å². The Morgan fingerprint density at radius 2 is 2.15 bits per heavy atom. The molecule has 1 N–H and O–H groups in total. The van der Waals surface area contributed by atoms with E-state index < -0.39 is 10.0 Å². The van der Waals surface area contributed by atoms with Gasteiger partial charge in [-0.1, -0.05) is 11.2 Å². The van der Waals surface area contributed by atoms with Crippen molar-refractivity contribution in [3.8, 4) is 10.6 Å². The Hall–Kier alpha value is -1.48. The Balaban J connectivity index is 1.78. The van der Waals surface area contributed by atoms with E-state index in [0.717, 1.165) is 21.1 Å². The van der Waals surface area contributed by atoms with Gasteiger partial charge in [0.15, 0.2) is 5.76 Å². The van der Waals surface area contributed by atoms with Crippen molar-refractivity contribution in [3.05, 3.63) is 46.8 Å². The summed E-state index contributed by atoms with van der Waals surface area (Å²) in [7, 11) is -3.49. The molecule has 0 unspecified atom stereocenters. The summed E-state index contributed by atoms with van der Waals surface area (Å²) < 4.78 is 32.2. The van der Waals surface area contributed by atoms with E-state index in [1.807, 2.05) is 17.5 Å². The number of thiophene rings is 2. The van der Waals surface area contributed by atoms with Crippen LogP contribution in [0.5, 0.6) is 0 Å². The molecule has 0 aromatic carbocycles. The Morgan fingerprint density at radius 1 is 1.25 bits per heavy atom. The molecule has 8 heteroatoms. The van der Waals surface area contributed by atoms with Crippen LogP contribution in [-0.2, 0) is 16.6 Å². The van der Waals surface area contributed by atoms with Crippen molar-refractivity contribution >= 4 is 32.7 Å². The summed E-state index contributed by atoms with van der Waals surface area (Å²) in [5.74, 6) is 0.565. The fourth-order valence-electron chi connectivity index (χ4n) is 1.59. The largest absolute Gasteiger partial charge is 0.355 e. The highest BCUT2D eigenvalue weighted by Gasteiger charge is 2.18. The van der Waals surface area contributed by atoms with Crippen LogP contribution in [0.2, 0.25) is 0 Å². The molecule has 3 aromatic heterocycles. The van der Waals surface area contributed by atoms with Crippen LogP contribution >= 0.6 is 22.7 Å². The van der Waals surface area contributed by atoms with Gasteiger partial charge in [-0.05, 0) is 23.6 Å². The summed E-state index contributed by atoms with van der Waals surface area (Å²) in [4.78, 5) is 1.71. The first-order chi connectivity index (χ1) is 9.65. The number of rotatable bonds is 5. The maximum Gasteiger partial charge on any atom is 0.250 e. The Morgan fingerprint density at radius 3 is 2.85 bits per heavy atom. The van der Waals surface area contributed by atoms with Gasteiger partial charge in [-0.3, -0.25) is 0 Å². The topological polar surface area (TPSA) is 72.2 Å². The molecule has 0 aliphatic heterocycles. The van der Waals surface area contributed by atoms with Gasteiger partial charge in [-0.2, -0.15) is 0 Å². The smallest absolute Gasteiger partial charge is 0.250 e. The summed E-state index contributed by atoms with van der Waals surface area (Å²) in [5, 5.41) is 5.52. The van der Waals surface area contributed by atoms with E-state index in [1.54, 1.807) is 18.2 Å². The fourth-order valence-corrected chi connectivity index (χ4v) is 4.64. The van der Waals surface area contributed by atoms with Crippen LogP contribution in [0.15, 0.2) is 50.6 Å². The van der Waals surface area contributed by atoms with E-state index in [2.05, 4.69) is 9.88 Å². The minimum atomic E-state index is -3.49. The molecule has 104 valence electrons. The van der Waals surface area contributed by atoms with E-state index in [1.165, 1.54) is 17.5 Å². The molecule has 20 heavy (non-hydrogen) atoms. The highest BCUT2D eigenvalue weighted by Crippen LogP contribution is 2.30. The second-order valence-electron chi connectivity index (χ2n) is 3.90. The molecule has 0 aliphatic carbocycles. The number of nitrogens with one attached hydrogen (secondary N) is 1. The molecular weight excluding hydrogens is 316 g/mol. The van der Waals surface area contributed by atoms with E-state index in [4.69, 9.17) is 4.52 Å². The van der Waals surface area contributed by atoms with Crippen LogP contribution in [0.1, 0.15) is 4.88 Å². The van der Waals surface area contributed by atoms with Crippen LogP contribution < -0.4 is 4.72 Å². The molecule has 5 nitrogen and oxygen atoms in total. The van der Waals surface area contributed by atoms with Crippen molar-refractivity contribution in [1.82, 2.24) is 9.88 Å². The third-order valence-electron chi connectivity index (χ3n) is 2.54. The van der Waals surface area contributed by atoms with E-state index >= 15 is 0 Å². The Kier molecular flexibility index (Phi) is 3.70. The maximum atomic E-state index is 12.2. The van der Waals surface area contributed by atoms with E-state index in [9.17, 15) is 8.42 Å². The zero-order chi connectivity index (χ0) is 14.0. The van der Waals surface area contributed by atoms with Gasteiger partial charge in [0.25, 0.3) is 0 Å². The van der Waals surface area contributed by atoms with E-state index in [0.29, 0.717) is 12.3 Å². The molecule has 0 fully saturated rings. The molecule has 0 saturated carbocycles. The number of sulfonamides is 1. The van der Waals surface area contributed by atoms with Crippen LogP contribution in [0.3, 0.4) is 0 Å². The number of nitrogens with zero attached hydrogens (tertiary/aromatic N) is 1. The van der Waals surface area contributed by atoms with Crippen molar-refractivity contribution in [1.29, 1.82) is 0 Å². The standard InChI is InChI=1S/C12H10N2O3S3/c15-20(16,14-8-9-2-1-7-18-9)12-4-3-11(19-12)10-5-6-13-17-10/h1-7,14H,8H2. The van der Waals surface area contributed by atoms with Crippen LogP contribution in [0, 0.1) is 0 Å². The second kappa shape index (κ2) is 5.49. The molecule has 0 spiro atoms. The number of hydrogen-bond donors (Lipinski definition) is 1. The normalized spacial score (nSPS) is 11.8. The SMILES string of the molecule is O=S(=O)(NCc1cccs1)c1ccc(-c2ccno2)s1. The van der Waals surface area contributed by atoms with Gasteiger partial charge in [-0.15, -0.1) is 22.7 Å². The van der Waals surface area contributed by atoms with Gasteiger partial charge in [-0.25, -0.2) is 13.1 Å². The van der Waals surface area contributed by atoms with Gasteiger partial charge in [0.2, 0.25) is 10.0 Å². The van der Waals surface area contributed by atoms with Gasteiger partial charge in [0, 0.05) is 17.5 Å². The predicted octanol–water partition coefficient (Wildman–Crippen LogP) is 2.94. The lowest BCUT2D eigenvalue weighted by atomic mass is 10.4. The lowest BCUT2D eigenvalue weighted by Gasteiger charge is -2.02. The number of hydrogen-bond acceptors (Lipinski definition) is 6. The van der Waals surface area contributed by atoms with Crippen molar-refractivity contribution < 1.29 is 12.9 Å². The fraction of sp³-hybridized carbons (Fsp3) is 0.0833. The molecule has 0 amide bonds. The second-order valence-corrected chi connectivity index (χ2v) is 8.01. The molecule has 0 atom stereocenters. The molecule has 0 saturated heterocycles. The van der Waals surface area contributed by atoms with Crippen molar-refractivity contribution in [2.24, 2.45) is 0 Å². The summed E-state index contributed by atoms with van der Waals surface area (Å²) in [6, 6.07) is 8.76. The summed E-state index contributed by atoms with van der Waals surface area (Å²) in [6.07, 6.45) is 1.53. The molecule has 0 bridgehead atoms. The lowest BCUT2D eigenvalue weighted by Crippen LogP contribution is -2.21. The highest BCUT2D eigenvalue weighted by molar-refractivity contribution is 7.91. The van der Waals surface area contributed by atoms with Gasteiger partial charge in [0.05, 0.1) is 11.1 Å². The van der Waals surface area contributed by atoms with Crippen LogP contribution in [0.25, 0.3) is 10.6 Å². The zero-order valence-corrected chi connectivity index (χ0v) is 12.6. The Bertz CT molecular complexity index is 774. The monoisotopic (exact) mass is 326 g/mol. The first-order valence-electron chi connectivity index (χ1n) is 5.68. The van der Waals surface area contributed by atoms with Crippen molar-refractivity contribution in [2.45, 2.75) is 10.8 Å². The molecule has 3 heterocycles. The molecule has 0 aliphatic rings. The average molecular weight is 326 g/mol. The highest BCUT2D eigenvalue weighted by atomic mass is 32.2. The predicted molar refractivity (Wildman–Crippen MR) is 78.2 cm³/mol.